The molecular formula is C12H16O2. The Labute approximate surface area is 84.5 Å². The van der Waals surface area contributed by atoms with Crippen molar-refractivity contribution in [3.8, 4) is 0 Å². The predicted molar refractivity (Wildman–Crippen MR) is 55.5 cm³/mol. The van der Waals surface area contributed by atoms with Crippen molar-refractivity contribution in [2.24, 2.45) is 0 Å². The van der Waals surface area contributed by atoms with E-state index in [0.29, 0.717) is 5.92 Å². The second kappa shape index (κ2) is 4.11. The molecule has 1 unspecified atom stereocenters. The number of aliphatic hydroxyl groups is 1. The fourth-order valence-electron chi connectivity index (χ4n) is 1.63. The highest BCUT2D eigenvalue weighted by Crippen LogP contribution is 2.25. The second-order valence-corrected chi connectivity index (χ2v) is 3.98. The minimum atomic E-state index is 0.214. The van der Waals surface area contributed by atoms with Gasteiger partial charge in [-0.3, -0.25) is 0 Å². The molecule has 76 valence electrons. The second-order valence-electron chi connectivity index (χ2n) is 3.98. The van der Waals surface area contributed by atoms with Crippen LogP contribution in [0.15, 0.2) is 24.3 Å². The Morgan fingerprint density at radius 3 is 2.43 bits per heavy atom. The van der Waals surface area contributed by atoms with Crippen molar-refractivity contribution in [1.29, 1.82) is 0 Å². The van der Waals surface area contributed by atoms with E-state index in [1.54, 1.807) is 0 Å². The van der Waals surface area contributed by atoms with Gasteiger partial charge in [-0.05, 0) is 11.1 Å². The van der Waals surface area contributed by atoms with Gasteiger partial charge in [0.15, 0.2) is 0 Å². The van der Waals surface area contributed by atoms with Gasteiger partial charge < -0.3 is 9.84 Å². The minimum absolute atomic E-state index is 0.214. The molecule has 1 heterocycles. The van der Waals surface area contributed by atoms with Gasteiger partial charge in [0.2, 0.25) is 0 Å². The van der Waals surface area contributed by atoms with E-state index in [9.17, 15) is 0 Å². The van der Waals surface area contributed by atoms with E-state index in [1.807, 2.05) is 6.92 Å². The van der Waals surface area contributed by atoms with Gasteiger partial charge >= 0.3 is 0 Å². The summed E-state index contributed by atoms with van der Waals surface area (Å²) in [4.78, 5) is 0. The number of benzene rings is 1. The van der Waals surface area contributed by atoms with Crippen molar-refractivity contribution in [2.75, 3.05) is 19.8 Å². The lowest BCUT2D eigenvalue weighted by Gasteiger charge is -2.26. The predicted octanol–water partition coefficient (Wildman–Crippen LogP) is 1.90. The molecule has 1 aromatic rings. The van der Waals surface area contributed by atoms with Crippen LogP contribution in [0.2, 0.25) is 0 Å². The Kier molecular flexibility index (Phi) is 2.85. The highest BCUT2D eigenvalue weighted by Gasteiger charge is 2.20. The molecule has 0 bridgehead atoms. The van der Waals surface area contributed by atoms with E-state index in [4.69, 9.17) is 9.84 Å². The number of hydrogen-bond donors (Lipinski definition) is 1. The molecule has 1 fully saturated rings. The monoisotopic (exact) mass is 192 g/mol. The molecule has 0 saturated carbocycles. The van der Waals surface area contributed by atoms with Crippen molar-refractivity contribution < 1.29 is 9.84 Å². The zero-order valence-electron chi connectivity index (χ0n) is 8.44. The van der Waals surface area contributed by atoms with Gasteiger partial charge in [-0.25, -0.2) is 0 Å². The van der Waals surface area contributed by atoms with Crippen LogP contribution in [0.1, 0.15) is 29.9 Å². The van der Waals surface area contributed by atoms with Crippen LogP contribution < -0.4 is 0 Å². The maximum Gasteiger partial charge on any atom is 0.0557 e. The molecule has 0 amide bonds. The molecule has 1 aliphatic heterocycles. The molecule has 14 heavy (non-hydrogen) atoms. The van der Waals surface area contributed by atoms with Gasteiger partial charge in [0.25, 0.3) is 0 Å². The number of ether oxygens (including phenoxy) is 1. The fourth-order valence-corrected chi connectivity index (χ4v) is 1.63. The summed E-state index contributed by atoms with van der Waals surface area (Å²) in [5, 5.41) is 9.00. The minimum Gasteiger partial charge on any atom is -0.396 e. The van der Waals surface area contributed by atoms with E-state index < -0.39 is 0 Å². The first kappa shape index (κ1) is 9.69. The summed E-state index contributed by atoms with van der Waals surface area (Å²) in [7, 11) is 0. The van der Waals surface area contributed by atoms with Crippen LogP contribution in [0.4, 0.5) is 0 Å². The van der Waals surface area contributed by atoms with Crippen LogP contribution in [0.3, 0.4) is 0 Å². The summed E-state index contributed by atoms with van der Waals surface area (Å²) < 4.78 is 5.15. The van der Waals surface area contributed by atoms with Gasteiger partial charge in [0.05, 0.1) is 13.2 Å². The van der Waals surface area contributed by atoms with Crippen molar-refractivity contribution in [3.63, 3.8) is 0 Å². The Morgan fingerprint density at radius 2 is 2.00 bits per heavy atom. The molecule has 1 saturated heterocycles. The van der Waals surface area contributed by atoms with Gasteiger partial charge in [0.1, 0.15) is 0 Å². The molecule has 1 aliphatic rings. The van der Waals surface area contributed by atoms with Gasteiger partial charge in [-0.1, -0.05) is 31.2 Å². The molecule has 2 nitrogen and oxygen atoms in total. The smallest absolute Gasteiger partial charge is 0.0557 e. The first-order chi connectivity index (χ1) is 6.81. The Bertz CT molecular complexity index is 264. The van der Waals surface area contributed by atoms with Crippen molar-refractivity contribution in [2.45, 2.75) is 18.8 Å². The van der Waals surface area contributed by atoms with Crippen LogP contribution in [0.5, 0.6) is 0 Å². The van der Waals surface area contributed by atoms with E-state index in [2.05, 4.69) is 24.3 Å². The van der Waals surface area contributed by atoms with Crippen molar-refractivity contribution in [1.82, 2.24) is 0 Å². The molecule has 0 radical (unpaired) electrons. The average molecular weight is 192 g/mol. The topological polar surface area (TPSA) is 29.5 Å². The Hall–Kier alpha value is -0.860. The summed E-state index contributed by atoms with van der Waals surface area (Å²) >= 11 is 0. The lowest BCUT2D eigenvalue weighted by Crippen LogP contribution is -2.24. The summed E-state index contributed by atoms with van der Waals surface area (Å²) in [6.07, 6.45) is 0. The van der Waals surface area contributed by atoms with Crippen LogP contribution in [-0.2, 0) is 4.74 Å². The maximum atomic E-state index is 9.00. The van der Waals surface area contributed by atoms with E-state index in [-0.39, 0.29) is 12.5 Å². The van der Waals surface area contributed by atoms with Crippen molar-refractivity contribution >= 4 is 0 Å². The summed E-state index contributed by atoms with van der Waals surface area (Å²) in [6.45, 7) is 3.96. The largest absolute Gasteiger partial charge is 0.396 e. The zero-order valence-corrected chi connectivity index (χ0v) is 8.44. The summed E-state index contributed by atoms with van der Waals surface area (Å²) in [5.74, 6) is 0.829. The van der Waals surface area contributed by atoms with Crippen LogP contribution >= 0.6 is 0 Å². The van der Waals surface area contributed by atoms with Gasteiger partial charge in [0, 0.05) is 18.4 Å². The highest BCUT2D eigenvalue weighted by atomic mass is 16.5. The molecule has 2 rings (SSSR count). The molecule has 1 aromatic carbocycles. The zero-order chi connectivity index (χ0) is 9.97. The molecule has 0 aliphatic carbocycles. The van der Waals surface area contributed by atoms with Crippen LogP contribution in [0.25, 0.3) is 0 Å². The third kappa shape index (κ3) is 1.81. The molecule has 2 heteroatoms. The maximum absolute atomic E-state index is 9.00. The lowest BCUT2D eigenvalue weighted by molar-refractivity contribution is 0.00841. The quantitative estimate of drug-likeness (QED) is 0.792. The third-order valence-electron chi connectivity index (χ3n) is 2.89. The number of aliphatic hydroxyl groups excluding tert-OH is 1. The Morgan fingerprint density at radius 1 is 1.36 bits per heavy atom. The van der Waals surface area contributed by atoms with E-state index in [1.165, 1.54) is 11.1 Å². The van der Waals surface area contributed by atoms with Gasteiger partial charge in [-0.2, -0.15) is 0 Å². The normalized spacial score (nSPS) is 19.0. The molecule has 0 spiro atoms. The molecule has 1 N–H and O–H groups in total. The summed E-state index contributed by atoms with van der Waals surface area (Å²) in [5.41, 5.74) is 2.56. The highest BCUT2D eigenvalue weighted by molar-refractivity contribution is 5.28. The molecular weight excluding hydrogens is 176 g/mol. The first-order valence-corrected chi connectivity index (χ1v) is 5.09. The Balaban J connectivity index is 2.09. The number of hydrogen-bond acceptors (Lipinski definition) is 2. The van der Waals surface area contributed by atoms with E-state index >= 15 is 0 Å². The first-order valence-electron chi connectivity index (χ1n) is 5.09. The standard InChI is InChI=1S/C12H16O2/c1-9(6-13)10-2-4-11(5-3-10)12-7-14-8-12/h2-5,9,12-13H,6-8H2,1H3. The van der Waals surface area contributed by atoms with E-state index in [0.717, 1.165) is 13.2 Å². The van der Waals surface area contributed by atoms with Crippen LogP contribution in [0, 0.1) is 0 Å². The number of rotatable bonds is 3. The van der Waals surface area contributed by atoms with Crippen molar-refractivity contribution in [3.05, 3.63) is 35.4 Å². The lowest BCUT2D eigenvalue weighted by atomic mass is 9.94. The van der Waals surface area contributed by atoms with Crippen LogP contribution in [-0.4, -0.2) is 24.9 Å². The fraction of sp³-hybridized carbons (Fsp3) is 0.500. The summed E-state index contributed by atoms with van der Waals surface area (Å²) in [6, 6.07) is 8.51. The third-order valence-corrected chi connectivity index (χ3v) is 2.89. The average Bonchev–Trinajstić information content (AvgIpc) is 2.15. The van der Waals surface area contributed by atoms with Gasteiger partial charge in [-0.15, -0.1) is 0 Å². The SMILES string of the molecule is CC(CO)c1ccc(C2COC2)cc1. The molecule has 1 atom stereocenters. The molecule has 0 aromatic heterocycles.